The SMILES string of the molecule is CN(C)C(=O)c1ccc(NC(=O)/C(C#N)=C/c2ccc(N(C)CCO)cc2)cc1. The van der Waals surface area contributed by atoms with Gasteiger partial charge in [0.1, 0.15) is 11.6 Å². The van der Waals surface area contributed by atoms with Crippen LogP contribution in [0.3, 0.4) is 0 Å². The summed E-state index contributed by atoms with van der Waals surface area (Å²) < 4.78 is 0. The zero-order valence-electron chi connectivity index (χ0n) is 16.7. The molecule has 0 heterocycles. The molecule has 0 radical (unpaired) electrons. The predicted octanol–water partition coefficient (Wildman–Crippen LogP) is 2.36. The van der Waals surface area contributed by atoms with Gasteiger partial charge in [-0.3, -0.25) is 9.59 Å². The van der Waals surface area contributed by atoms with Gasteiger partial charge in [0.05, 0.1) is 6.61 Å². The van der Waals surface area contributed by atoms with Gasteiger partial charge in [0.15, 0.2) is 0 Å². The van der Waals surface area contributed by atoms with E-state index in [2.05, 4.69) is 5.32 Å². The first-order chi connectivity index (χ1) is 13.8. The average molecular weight is 392 g/mol. The van der Waals surface area contributed by atoms with Gasteiger partial charge in [-0.15, -0.1) is 0 Å². The minimum Gasteiger partial charge on any atom is -0.395 e. The Labute approximate surface area is 170 Å². The quantitative estimate of drug-likeness (QED) is 0.557. The van der Waals surface area contributed by atoms with Crippen LogP contribution in [0.4, 0.5) is 11.4 Å². The Kier molecular flexibility index (Phi) is 7.52. The molecular weight excluding hydrogens is 368 g/mol. The molecule has 7 heteroatoms. The number of carbonyl (C=O) groups is 2. The number of hydrogen-bond acceptors (Lipinski definition) is 5. The van der Waals surface area contributed by atoms with E-state index < -0.39 is 5.91 Å². The summed E-state index contributed by atoms with van der Waals surface area (Å²) in [7, 11) is 5.20. The van der Waals surface area contributed by atoms with E-state index in [1.54, 1.807) is 50.5 Å². The van der Waals surface area contributed by atoms with Crippen molar-refractivity contribution in [1.82, 2.24) is 4.90 Å². The lowest BCUT2D eigenvalue weighted by Crippen LogP contribution is -2.21. The summed E-state index contributed by atoms with van der Waals surface area (Å²) in [5, 5.41) is 21.0. The number of carbonyl (C=O) groups excluding carboxylic acids is 2. The van der Waals surface area contributed by atoms with Crippen LogP contribution in [-0.2, 0) is 4.79 Å². The fourth-order valence-corrected chi connectivity index (χ4v) is 2.57. The van der Waals surface area contributed by atoms with Crippen LogP contribution in [0.5, 0.6) is 0 Å². The molecule has 0 saturated heterocycles. The van der Waals surface area contributed by atoms with Gasteiger partial charge in [0.2, 0.25) is 0 Å². The topological polar surface area (TPSA) is 96.7 Å². The number of aliphatic hydroxyl groups is 1. The molecule has 150 valence electrons. The number of aliphatic hydroxyl groups excluding tert-OH is 1. The second-order valence-corrected chi connectivity index (χ2v) is 6.64. The number of amides is 2. The second kappa shape index (κ2) is 10.1. The number of benzene rings is 2. The number of hydrogen-bond donors (Lipinski definition) is 2. The molecule has 7 nitrogen and oxygen atoms in total. The van der Waals surface area contributed by atoms with Crippen molar-refractivity contribution in [3.05, 3.63) is 65.2 Å². The van der Waals surface area contributed by atoms with Crippen molar-refractivity contribution in [3.63, 3.8) is 0 Å². The summed E-state index contributed by atoms with van der Waals surface area (Å²) in [6.45, 7) is 0.571. The lowest BCUT2D eigenvalue weighted by molar-refractivity contribution is -0.112. The molecule has 0 aliphatic carbocycles. The molecule has 2 N–H and O–H groups in total. The van der Waals surface area contributed by atoms with Gasteiger partial charge in [-0.1, -0.05) is 12.1 Å². The molecule has 2 rings (SSSR count). The molecule has 0 spiro atoms. The first-order valence-electron chi connectivity index (χ1n) is 9.02. The van der Waals surface area contributed by atoms with Gasteiger partial charge in [-0.05, 0) is 48.0 Å². The number of likely N-dealkylation sites (N-methyl/N-ethyl adjacent to an activating group) is 1. The Bertz CT molecular complexity index is 926. The van der Waals surface area contributed by atoms with E-state index >= 15 is 0 Å². The van der Waals surface area contributed by atoms with E-state index in [-0.39, 0.29) is 18.1 Å². The van der Waals surface area contributed by atoms with Crippen molar-refractivity contribution in [3.8, 4) is 6.07 Å². The molecule has 0 unspecified atom stereocenters. The fourth-order valence-electron chi connectivity index (χ4n) is 2.57. The van der Waals surface area contributed by atoms with Crippen LogP contribution in [0.25, 0.3) is 6.08 Å². The second-order valence-electron chi connectivity index (χ2n) is 6.64. The van der Waals surface area contributed by atoms with Crippen LogP contribution in [0.1, 0.15) is 15.9 Å². The van der Waals surface area contributed by atoms with Crippen molar-refractivity contribution in [1.29, 1.82) is 5.26 Å². The van der Waals surface area contributed by atoms with E-state index in [4.69, 9.17) is 5.11 Å². The molecule has 0 aromatic heterocycles. The Morgan fingerprint density at radius 1 is 1.07 bits per heavy atom. The number of nitrogens with one attached hydrogen (secondary N) is 1. The van der Waals surface area contributed by atoms with Gasteiger partial charge in [0.25, 0.3) is 11.8 Å². The molecular formula is C22H24N4O3. The number of rotatable bonds is 7. The maximum Gasteiger partial charge on any atom is 0.266 e. The first-order valence-corrected chi connectivity index (χ1v) is 9.02. The maximum atomic E-state index is 12.4. The van der Waals surface area contributed by atoms with Crippen LogP contribution < -0.4 is 10.2 Å². The van der Waals surface area contributed by atoms with Crippen molar-refractivity contribution in [2.45, 2.75) is 0 Å². The summed E-state index contributed by atoms with van der Waals surface area (Å²) >= 11 is 0. The Hall–Kier alpha value is -3.63. The highest BCUT2D eigenvalue weighted by Crippen LogP contribution is 2.17. The van der Waals surface area contributed by atoms with Gasteiger partial charge in [-0.2, -0.15) is 5.26 Å². The third-order valence-electron chi connectivity index (χ3n) is 4.24. The third-order valence-corrected chi connectivity index (χ3v) is 4.24. The molecule has 0 bridgehead atoms. The summed E-state index contributed by atoms with van der Waals surface area (Å²) in [4.78, 5) is 27.7. The van der Waals surface area contributed by atoms with E-state index in [0.717, 1.165) is 5.69 Å². The zero-order chi connectivity index (χ0) is 21.4. The zero-order valence-corrected chi connectivity index (χ0v) is 16.7. The van der Waals surface area contributed by atoms with Gasteiger partial charge in [-0.25, -0.2) is 0 Å². The average Bonchev–Trinajstić information content (AvgIpc) is 2.72. The number of nitrogens with zero attached hydrogens (tertiary/aromatic N) is 3. The smallest absolute Gasteiger partial charge is 0.266 e. The Morgan fingerprint density at radius 3 is 2.21 bits per heavy atom. The van der Waals surface area contributed by atoms with Gasteiger partial charge >= 0.3 is 0 Å². The van der Waals surface area contributed by atoms with Crippen molar-refractivity contribution >= 4 is 29.3 Å². The molecule has 2 amide bonds. The van der Waals surface area contributed by atoms with Crippen molar-refractivity contribution in [2.75, 3.05) is 44.5 Å². The fraction of sp³-hybridized carbons (Fsp3) is 0.227. The molecule has 0 saturated carbocycles. The van der Waals surface area contributed by atoms with Crippen LogP contribution >= 0.6 is 0 Å². The highest BCUT2D eigenvalue weighted by atomic mass is 16.3. The largest absolute Gasteiger partial charge is 0.395 e. The molecule has 2 aromatic carbocycles. The monoisotopic (exact) mass is 392 g/mol. The van der Waals surface area contributed by atoms with Gasteiger partial charge in [0, 0.05) is 44.6 Å². The summed E-state index contributed by atoms with van der Waals surface area (Å²) in [5.41, 5.74) is 2.61. The minimum absolute atomic E-state index is 0.0325. The van der Waals surface area contributed by atoms with Crippen LogP contribution in [0.2, 0.25) is 0 Å². The molecule has 0 aliphatic heterocycles. The first kappa shape index (κ1) is 21.7. The number of nitriles is 1. The summed E-state index contributed by atoms with van der Waals surface area (Å²) in [6, 6.07) is 15.7. The summed E-state index contributed by atoms with van der Waals surface area (Å²) in [5.74, 6) is -0.658. The summed E-state index contributed by atoms with van der Waals surface area (Å²) in [6.07, 6.45) is 1.51. The number of anilines is 2. The van der Waals surface area contributed by atoms with Crippen LogP contribution in [-0.4, -0.2) is 56.1 Å². The maximum absolute atomic E-state index is 12.4. The predicted molar refractivity (Wildman–Crippen MR) is 113 cm³/mol. The van der Waals surface area contributed by atoms with Crippen LogP contribution in [0.15, 0.2) is 54.1 Å². The molecule has 2 aromatic rings. The van der Waals surface area contributed by atoms with E-state index in [1.807, 2.05) is 30.1 Å². The van der Waals surface area contributed by atoms with Crippen LogP contribution in [0, 0.1) is 11.3 Å². The molecule has 29 heavy (non-hydrogen) atoms. The highest BCUT2D eigenvalue weighted by molar-refractivity contribution is 6.09. The Balaban J connectivity index is 2.10. The minimum atomic E-state index is -0.527. The van der Waals surface area contributed by atoms with Gasteiger partial charge < -0.3 is 20.2 Å². The molecule has 0 atom stereocenters. The lowest BCUT2D eigenvalue weighted by Gasteiger charge is -2.17. The van der Waals surface area contributed by atoms with Crippen molar-refractivity contribution < 1.29 is 14.7 Å². The van der Waals surface area contributed by atoms with E-state index in [9.17, 15) is 14.9 Å². The van der Waals surface area contributed by atoms with E-state index in [1.165, 1.54) is 11.0 Å². The molecule has 0 fully saturated rings. The lowest BCUT2D eigenvalue weighted by atomic mass is 10.1. The Morgan fingerprint density at radius 2 is 1.69 bits per heavy atom. The normalized spacial score (nSPS) is 10.8. The third kappa shape index (κ3) is 5.92. The standard InChI is InChI=1S/C22H24N4O3/c1-25(2)22(29)17-6-8-19(9-7-17)24-21(28)18(15-23)14-16-4-10-20(11-5-16)26(3)12-13-27/h4-11,14,27H,12-13H2,1-3H3,(H,24,28)/b18-14+. The molecule has 0 aliphatic rings. The highest BCUT2D eigenvalue weighted by Gasteiger charge is 2.11. The van der Waals surface area contributed by atoms with Crippen molar-refractivity contribution in [2.24, 2.45) is 0 Å². The van der Waals surface area contributed by atoms with E-state index in [0.29, 0.717) is 23.4 Å².